The standard InChI is InChI=1S/C28H29ClN2O5/c1-18-26(28(34)35-2)24(27(33)31(18)22-9-4-3-5-10-22)15-19-11-13-23(14-12-19)36-17-25(32)30-21-8-6-7-20(29)16-21/h6-8,11-16,22H,3-5,9-10,17H2,1-2H3,(H,30,32)/b24-15-. The Balaban J connectivity index is 1.46. The quantitative estimate of drug-likeness (QED) is 0.402. The summed E-state index contributed by atoms with van der Waals surface area (Å²) >= 11 is 5.94. The molecule has 0 bridgehead atoms. The summed E-state index contributed by atoms with van der Waals surface area (Å²) in [6, 6.07) is 13.9. The zero-order chi connectivity index (χ0) is 25.7. The molecule has 0 unspecified atom stereocenters. The molecule has 0 atom stereocenters. The molecule has 0 spiro atoms. The van der Waals surface area contributed by atoms with Gasteiger partial charge in [-0.25, -0.2) is 4.79 Å². The van der Waals surface area contributed by atoms with Crippen LogP contribution < -0.4 is 10.1 Å². The number of ether oxygens (including phenoxy) is 2. The van der Waals surface area contributed by atoms with E-state index >= 15 is 0 Å². The molecular formula is C28H29ClN2O5. The molecule has 36 heavy (non-hydrogen) atoms. The molecule has 1 N–H and O–H groups in total. The highest BCUT2D eigenvalue weighted by molar-refractivity contribution is 6.30. The first-order valence-corrected chi connectivity index (χ1v) is 12.4. The number of anilines is 1. The molecule has 1 heterocycles. The van der Waals surface area contributed by atoms with Gasteiger partial charge in [-0.15, -0.1) is 0 Å². The van der Waals surface area contributed by atoms with Gasteiger partial charge in [0.15, 0.2) is 6.61 Å². The molecule has 7 nitrogen and oxygen atoms in total. The smallest absolute Gasteiger partial charge is 0.340 e. The number of benzene rings is 2. The van der Waals surface area contributed by atoms with Crippen molar-refractivity contribution in [2.24, 2.45) is 0 Å². The van der Waals surface area contributed by atoms with Gasteiger partial charge in [-0.3, -0.25) is 9.59 Å². The largest absolute Gasteiger partial charge is 0.484 e. The van der Waals surface area contributed by atoms with E-state index < -0.39 is 5.97 Å². The van der Waals surface area contributed by atoms with Crippen LogP contribution in [0.25, 0.3) is 6.08 Å². The molecule has 0 radical (unpaired) electrons. The van der Waals surface area contributed by atoms with E-state index in [1.54, 1.807) is 59.5 Å². The summed E-state index contributed by atoms with van der Waals surface area (Å²) in [5.74, 6) is -0.500. The predicted molar refractivity (Wildman–Crippen MR) is 138 cm³/mol. The van der Waals surface area contributed by atoms with Gasteiger partial charge >= 0.3 is 5.97 Å². The molecule has 1 aliphatic heterocycles. The van der Waals surface area contributed by atoms with Crippen molar-refractivity contribution in [2.75, 3.05) is 19.0 Å². The van der Waals surface area contributed by atoms with Crippen molar-refractivity contribution >= 4 is 41.1 Å². The Hall–Kier alpha value is -3.58. The highest BCUT2D eigenvalue weighted by Crippen LogP contribution is 2.37. The van der Waals surface area contributed by atoms with Gasteiger partial charge in [-0.05, 0) is 61.7 Å². The number of carbonyl (C=O) groups is 3. The minimum atomic E-state index is -0.518. The topological polar surface area (TPSA) is 84.9 Å². The number of hydrogen-bond donors (Lipinski definition) is 1. The molecule has 4 rings (SSSR count). The molecule has 1 saturated carbocycles. The van der Waals surface area contributed by atoms with Crippen LogP contribution >= 0.6 is 11.6 Å². The van der Waals surface area contributed by atoms with Crippen LogP contribution in [0, 0.1) is 0 Å². The maximum atomic E-state index is 13.4. The van der Waals surface area contributed by atoms with E-state index in [2.05, 4.69) is 5.32 Å². The van der Waals surface area contributed by atoms with Crippen molar-refractivity contribution in [3.8, 4) is 5.75 Å². The molecule has 188 valence electrons. The monoisotopic (exact) mass is 508 g/mol. The molecule has 2 aromatic rings. The molecule has 2 aromatic carbocycles. The molecular weight excluding hydrogens is 480 g/mol. The average Bonchev–Trinajstić information content (AvgIpc) is 3.12. The first-order chi connectivity index (χ1) is 17.4. The lowest BCUT2D eigenvalue weighted by Gasteiger charge is -2.32. The number of methoxy groups -OCH3 is 1. The van der Waals surface area contributed by atoms with Crippen LogP contribution in [0.3, 0.4) is 0 Å². The van der Waals surface area contributed by atoms with Gasteiger partial charge in [0, 0.05) is 22.4 Å². The highest BCUT2D eigenvalue weighted by Gasteiger charge is 2.40. The number of nitrogens with zero attached hydrogens (tertiary/aromatic N) is 1. The fourth-order valence-electron chi connectivity index (χ4n) is 4.72. The lowest BCUT2D eigenvalue weighted by atomic mass is 9.94. The molecule has 0 aromatic heterocycles. The predicted octanol–water partition coefficient (Wildman–Crippen LogP) is 5.36. The second-order valence-corrected chi connectivity index (χ2v) is 9.33. The Morgan fingerprint density at radius 1 is 1.11 bits per heavy atom. The number of esters is 1. The number of nitrogens with one attached hydrogen (secondary N) is 1. The Morgan fingerprint density at radius 2 is 1.83 bits per heavy atom. The number of allylic oxidation sites excluding steroid dienone is 1. The third kappa shape index (κ3) is 5.79. The third-order valence-electron chi connectivity index (χ3n) is 6.44. The fraction of sp³-hybridized carbons (Fsp3) is 0.321. The fourth-order valence-corrected chi connectivity index (χ4v) is 4.91. The molecule has 1 aliphatic carbocycles. The van der Waals surface area contributed by atoms with E-state index in [-0.39, 0.29) is 24.5 Å². The summed E-state index contributed by atoms with van der Waals surface area (Å²) in [5.41, 5.74) is 2.61. The van der Waals surface area contributed by atoms with E-state index in [1.807, 2.05) is 6.92 Å². The summed E-state index contributed by atoms with van der Waals surface area (Å²) < 4.78 is 10.6. The van der Waals surface area contributed by atoms with E-state index in [9.17, 15) is 14.4 Å². The van der Waals surface area contributed by atoms with Crippen molar-refractivity contribution in [1.29, 1.82) is 0 Å². The zero-order valence-corrected chi connectivity index (χ0v) is 21.1. The molecule has 1 fully saturated rings. The summed E-state index contributed by atoms with van der Waals surface area (Å²) in [7, 11) is 1.32. The second kappa shape index (κ2) is 11.4. The lowest BCUT2D eigenvalue weighted by molar-refractivity contribution is -0.136. The van der Waals surface area contributed by atoms with Crippen molar-refractivity contribution in [3.05, 3.63) is 76.0 Å². The first-order valence-electron chi connectivity index (χ1n) is 12.0. The van der Waals surface area contributed by atoms with E-state index in [0.717, 1.165) is 31.2 Å². The molecule has 0 saturated heterocycles. The van der Waals surface area contributed by atoms with Gasteiger partial charge in [0.2, 0.25) is 0 Å². The van der Waals surface area contributed by atoms with Gasteiger partial charge < -0.3 is 19.7 Å². The van der Waals surface area contributed by atoms with Crippen molar-refractivity contribution in [1.82, 2.24) is 4.90 Å². The second-order valence-electron chi connectivity index (χ2n) is 8.89. The Morgan fingerprint density at radius 3 is 2.50 bits per heavy atom. The number of hydrogen-bond acceptors (Lipinski definition) is 5. The van der Waals surface area contributed by atoms with Crippen LogP contribution in [0.1, 0.15) is 44.6 Å². The minimum absolute atomic E-state index is 0.102. The Kier molecular flexibility index (Phi) is 8.10. The minimum Gasteiger partial charge on any atom is -0.484 e. The molecule has 8 heteroatoms. The summed E-state index contributed by atoms with van der Waals surface area (Å²) in [5, 5.41) is 3.25. The maximum absolute atomic E-state index is 13.4. The maximum Gasteiger partial charge on any atom is 0.340 e. The van der Waals surface area contributed by atoms with E-state index in [0.29, 0.717) is 33.3 Å². The van der Waals surface area contributed by atoms with Crippen LogP contribution in [0.2, 0.25) is 5.02 Å². The lowest BCUT2D eigenvalue weighted by Crippen LogP contribution is -2.37. The normalized spacial score (nSPS) is 17.5. The van der Waals surface area contributed by atoms with Crippen molar-refractivity contribution in [3.63, 3.8) is 0 Å². The van der Waals surface area contributed by atoms with Gasteiger partial charge in [0.05, 0.1) is 18.3 Å². The van der Waals surface area contributed by atoms with E-state index in [4.69, 9.17) is 21.1 Å². The number of halogens is 1. The molecule has 2 amide bonds. The Bertz CT molecular complexity index is 1210. The highest BCUT2D eigenvalue weighted by atomic mass is 35.5. The van der Waals surface area contributed by atoms with Gasteiger partial charge in [0.1, 0.15) is 5.75 Å². The molecule has 2 aliphatic rings. The van der Waals surface area contributed by atoms with Crippen LogP contribution in [0.15, 0.2) is 65.4 Å². The number of carbonyl (C=O) groups excluding carboxylic acids is 3. The summed E-state index contributed by atoms with van der Waals surface area (Å²) in [4.78, 5) is 39.9. The van der Waals surface area contributed by atoms with Crippen LogP contribution in [0.5, 0.6) is 5.75 Å². The summed E-state index contributed by atoms with van der Waals surface area (Å²) in [6.45, 7) is 1.64. The Labute approximate surface area is 215 Å². The number of rotatable bonds is 7. The van der Waals surface area contributed by atoms with Gasteiger partial charge in [-0.2, -0.15) is 0 Å². The van der Waals surface area contributed by atoms with Gasteiger partial charge in [-0.1, -0.05) is 49.1 Å². The van der Waals surface area contributed by atoms with Crippen molar-refractivity contribution < 1.29 is 23.9 Å². The zero-order valence-electron chi connectivity index (χ0n) is 20.4. The van der Waals surface area contributed by atoms with Crippen LogP contribution in [-0.2, 0) is 19.1 Å². The number of amides is 2. The van der Waals surface area contributed by atoms with Crippen LogP contribution in [0.4, 0.5) is 5.69 Å². The SMILES string of the molecule is COC(=O)C1=C(C)N(C2CCCCC2)C(=O)/C1=C\c1ccc(OCC(=O)Nc2cccc(Cl)c2)cc1. The van der Waals surface area contributed by atoms with Crippen molar-refractivity contribution in [2.45, 2.75) is 45.1 Å². The van der Waals surface area contributed by atoms with Gasteiger partial charge in [0.25, 0.3) is 11.8 Å². The third-order valence-corrected chi connectivity index (χ3v) is 6.68. The van der Waals surface area contributed by atoms with E-state index in [1.165, 1.54) is 13.5 Å². The summed E-state index contributed by atoms with van der Waals surface area (Å²) in [6.07, 6.45) is 6.89. The average molecular weight is 509 g/mol. The van der Waals surface area contributed by atoms with Crippen LogP contribution in [-0.4, -0.2) is 42.4 Å². The first kappa shape index (κ1) is 25.5.